The summed E-state index contributed by atoms with van der Waals surface area (Å²) in [5, 5.41) is 0. The molecule has 0 saturated heterocycles. The maximum atomic E-state index is 13.6. The molecule has 1 aromatic carbocycles. The zero-order valence-electron chi connectivity index (χ0n) is 9.93. The minimum Gasteiger partial charge on any atom is -0.207 e. The normalized spacial score (nSPS) is 15.9. The van der Waals surface area contributed by atoms with Crippen molar-refractivity contribution in [2.45, 2.75) is 20.3 Å². The smallest absolute Gasteiger partial charge is 0.126 e. The van der Waals surface area contributed by atoms with Crippen molar-refractivity contribution in [1.29, 1.82) is 0 Å². The van der Waals surface area contributed by atoms with Gasteiger partial charge in [0.2, 0.25) is 0 Å². The van der Waals surface area contributed by atoms with Gasteiger partial charge in [0.1, 0.15) is 11.6 Å². The van der Waals surface area contributed by atoms with E-state index < -0.39 is 0 Å². The van der Waals surface area contributed by atoms with Crippen LogP contribution in [0.4, 0.5) is 8.78 Å². The molecule has 0 N–H and O–H groups in total. The Morgan fingerprint density at radius 2 is 1.82 bits per heavy atom. The Morgan fingerprint density at radius 1 is 1.06 bits per heavy atom. The van der Waals surface area contributed by atoms with E-state index in [1.165, 1.54) is 12.1 Å². The molecule has 0 aromatic heterocycles. The molecule has 0 bridgehead atoms. The number of hydrogen-bond acceptors (Lipinski definition) is 0. The maximum absolute atomic E-state index is 13.6. The van der Waals surface area contributed by atoms with Gasteiger partial charge in [-0.25, -0.2) is 8.78 Å². The van der Waals surface area contributed by atoms with E-state index in [-0.39, 0.29) is 11.6 Å². The van der Waals surface area contributed by atoms with E-state index in [1.54, 1.807) is 19.9 Å². The van der Waals surface area contributed by atoms with E-state index in [1.807, 2.05) is 18.2 Å². The second-order valence-corrected chi connectivity index (χ2v) is 4.24. The summed E-state index contributed by atoms with van der Waals surface area (Å²) in [6.07, 6.45) is 5.85. The molecule has 88 valence electrons. The van der Waals surface area contributed by atoms with Crippen LogP contribution < -0.4 is 0 Å². The Kier molecular flexibility index (Phi) is 3.23. The first-order valence-corrected chi connectivity index (χ1v) is 5.59. The van der Waals surface area contributed by atoms with Crippen LogP contribution in [-0.4, -0.2) is 0 Å². The molecular weight excluding hydrogens is 218 g/mol. The number of allylic oxidation sites excluding steroid dienone is 6. The van der Waals surface area contributed by atoms with Crippen molar-refractivity contribution in [3.63, 3.8) is 0 Å². The van der Waals surface area contributed by atoms with E-state index in [2.05, 4.69) is 0 Å². The molecule has 0 atom stereocenters. The molecule has 17 heavy (non-hydrogen) atoms. The quantitative estimate of drug-likeness (QED) is 0.657. The van der Waals surface area contributed by atoms with Gasteiger partial charge in [-0.05, 0) is 54.7 Å². The van der Waals surface area contributed by atoms with Crippen LogP contribution in [0.2, 0.25) is 0 Å². The minimum atomic E-state index is -0.258. The lowest BCUT2D eigenvalue weighted by molar-refractivity contribution is 0.618. The molecule has 0 radical (unpaired) electrons. The van der Waals surface area contributed by atoms with Crippen LogP contribution in [0.1, 0.15) is 24.5 Å². The largest absolute Gasteiger partial charge is 0.207 e. The summed E-state index contributed by atoms with van der Waals surface area (Å²) in [5.74, 6) is -0.513. The SMILES string of the molecule is CC1=CCC=C(c2ccc(C)c(F)c2)C=C1F. The molecule has 0 saturated carbocycles. The summed E-state index contributed by atoms with van der Waals surface area (Å²) in [6.45, 7) is 3.45. The maximum Gasteiger partial charge on any atom is 0.126 e. The van der Waals surface area contributed by atoms with Crippen molar-refractivity contribution in [2.24, 2.45) is 0 Å². The first-order chi connectivity index (χ1) is 8.08. The molecule has 1 aromatic rings. The fourth-order valence-corrected chi connectivity index (χ4v) is 1.74. The molecule has 0 fully saturated rings. The van der Waals surface area contributed by atoms with Crippen molar-refractivity contribution in [1.82, 2.24) is 0 Å². The van der Waals surface area contributed by atoms with Gasteiger partial charge in [0, 0.05) is 0 Å². The Morgan fingerprint density at radius 3 is 2.53 bits per heavy atom. The third-order valence-electron chi connectivity index (χ3n) is 2.93. The number of hydrogen-bond donors (Lipinski definition) is 0. The second kappa shape index (κ2) is 4.66. The van der Waals surface area contributed by atoms with Gasteiger partial charge in [-0.3, -0.25) is 0 Å². The summed E-state index contributed by atoms with van der Waals surface area (Å²) in [7, 11) is 0. The lowest BCUT2D eigenvalue weighted by Crippen LogP contribution is -1.87. The molecule has 0 nitrogen and oxygen atoms in total. The predicted octanol–water partition coefficient (Wildman–Crippen LogP) is 4.72. The van der Waals surface area contributed by atoms with Gasteiger partial charge < -0.3 is 0 Å². The van der Waals surface area contributed by atoms with Crippen LogP contribution in [0.15, 0.2) is 47.8 Å². The van der Waals surface area contributed by atoms with Crippen LogP contribution in [0.5, 0.6) is 0 Å². The van der Waals surface area contributed by atoms with Gasteiger partial charge in [-0.2, -0.15) is 0 Å². The number of rotatable bonds is 1. The van der Waals surface area contributed by atoms with Crippen molar-refractivity contribution in [2.75, 3.05) is 0 Å². The highest BCUT2D eigenvalue weighted by molar-refractivity contribution is 5.76. The second-order valence-electron chi connectivity index (χ2n) is 4.24. The molecule has 0 unspecified atom stereocenters. The molecule has 2 heteroatoms. The van der Waals surface area contributed by atoms with Crippen LogP contribution in [0.3, 0.4) is 0 Å². The molecule has 1 aliphatic carbocycles. The standard InChI is InChI=1S/C15H14F2/c1-10-4-3-5-12(8-14(10)16)13-7-6-11(2)15(17)9-13/h4-9H,3H2,1-2H3. The minimum absolute atomic E-state index is 0.255. The number of benzene rings is 1. The Balaban J connectivity index is 2.41. The van der Waals surface area contributed by atoms with Crippen molar-refractivity contribution in [3.8, 4) is 0 Å². The van der Waals surface area contributed by atoms with Crippen molar-refractivity contribution < 1.29 is 8.78 Å². The first kappa shape index (κ1) is 11.8. The fourth-order valence-electron chi connectivity index (χ4n) is 1.74. The summed E-state index contributed by atoms with van der Waals surface area (Å²) >= 11 is 0. The lowest BCUT2D eigenvalue weighted by atomic mass is 10.0. The summed E-state index contributed by atoms with van der Waals surface area (Å²) < 4.78 is 27.1. The van der Waals surface area contributed by atoms with E-state index in [0.29, 0.717) is 23.1 Å². The zero-order chi connectivity index (χ0) is 12.4. The average molecular weight is 232 g/mol. The van der Waals surface area contributed by atoms with Gasteiger partial charge in [0.15, 0.2) is 0 Å². The molecule has 2 rings (SSSR count). The van der Waals surface area contributed by atoms with E-state index in [9.17, 15) is 8.78 Å². The highest BCUT2D eigenvalue weighted by Crippen LogP contribution is 2.26. The van der Waals surface area contributed by atoms with Gasteiger partial charge in [0.05, 0.1) is 0 Å². The van der Waals surface area contributed by atoms with E-state index in [0.717, 1.165) is 5.57 Å². The molecule has 0 spiro atoms. The van der Waals surface area contributed by atoms with Crippen molar-refractivity contribution >= 4 is 5.57 Å². The summed E-state index contributed by atoms with van der Waals surface area (Å²) in [4.78, 5) is 0. The monoisotopic (exact) mass is 232 g/mol. The first-order valence-electron chi connectivity index (χ1n) is 5.59. The summed E-state index contributed by atoms with van der Waals surface area (Å²) in [6, 6.07) is 4.97. The Bertz CT molecular complexity index is 534. The van der Waals surface area contributed by atoms with Gasteiger partial charge in [-0.1, -0.05) is 24.3 Å². The molecule has 0 aliphatic heterocycles. The van der Waals surface area contributed by atoms with Crippen LogP contribution in [-0.2, 0) is 0 Å². The van der Waals surface area contributed by atoms with Gasteiger partial charge in [0.25, 0.3) is 0 Å². The number of halogens is 2. The van der Waals surface area contributed by atoms with E-state index in [4.69, 9.17) is 0 Å². The predicted molar refractivity (Wildman–Crippen MR) is 66.7 cm³/mol. The highest BCUT2D eigenvalue weighted by atomic mass is 19.1. The van der Waals surface area contributed by atoms with Gasteiger partial charge >= 0.3 is 0 Å². The highest BCUT2D eigenvalue weighted by Gasteiger charge is 2.08. The Labute approximate surface area is 100.0 Å². The third-order valence-corrected chi connectivity index (χ3v) is 2.93. The average Bonchev–Trinajstić information content (AvgIpc) is 2.46. The third kappa shape index (κ3) is 2.52. The van der Waals surface area contributed by atoms with Crippen LogP contribution in [0.25, 0.3) is 5.57 Å². The number of aryl methyl sites for hydroxylation is 1. The van der Waals surface area contributed by atoms with Crippen LogP contribution in [0, 0.1) is 12.7 Å². The molecule has 0 heterocycles. The van der Waals surface area contributed by atoms with Crippen LogP contribution >= 0.6 is 0 Å². The summed E-state index contributed by atoms with van der Waals surface area (Å²) in [5.41, 5.74) is 2.67. The molecule has 1 aliphatic rings. The lowest BCUT2D eigenvalue weighted by Gasteiger charge is -2.04. The molecular formula is C15H14F2. The molecule has 0 amide bonds. The Hall–Kier alpha value is -1.70. The van der Waals surface area contributed by atoms with Gasteiger partial charge in [-0.15, -0.1) is 0 Å². The van der Waals surface area contributed by atoms with Crippen molar-refractivity contribution in [3.05, 3.63) is 64.8 Å². The van der Waals surface area contributed by atoms with E-state index >= 15 is 0 Å². The topological polar surface area (TPSA) is 0 Å². The fraction of sp³-hybridized carbons (Fsp3) is 0.200. The zero-order valence-corrected chi connectivity index (χ0v) is 9.93.